The lowest BCUT2D eigenvalue weighted by Crippen LogP contribution is -1.99. The van der Waals surface area contributed by atoms with Gasteiger partial charge in [0.25, 0.3) is 0 Å². The van der Waals surface area contributed by atoms with Gasteiger partial charge >= 0.3 is 0 Å². The summed E-state index contributed by atoms with van der Waals surface area (Å²) in [5.74, 6) is 0. The third-order valence-electron chi connectivity index (χ3n) is 3.16. The number of halogens is 1. The first-order chi connectivity index (χ1) is 9.67. The fourth-order valence-corrected chi connectivity index (χ4v) is 2.92. The van der Waals surface area contributed by atoms with Gasteiger partial charge < -0.3 is 9.55 Å². The second-order valence-electron chi connectivity index (χ2n) is 4.49. The number of aromatic nitrogens is 2. The average molecular weight is 391 g/mol. The van der Waals surface area contributed by atoms with Crippen molar-refractivity contribution in [1.82, 2.24) is 9.55 Å². The summed E-state index contributed by atoms with van der Waals surface area (Å²) in [5, 5.41) is 8.82. The topological polar surface area (TPSA) is 44.5 Å². The lowest BCUT2D eigenvalue weighted by molar-refractivity contribution is 0.810. The summed E-state index contributed by atoms with van der Waals surface area (Å²) in [5.41, 5.74) is 3.95. The monoisotopic (exact) mass is 391 g/mol. The summed E-state index contributed by atoms with van der Waals surface area (Å²) < 4.78 is 3.96. The molecule has 0 aliphatic carbocycles. The van der Waals surface area contributed by atoms with Crippen molar-refractivity contribution in [1.29, 1.82) is 5.26 Å². The maximum atomic E-state index is 8.82. The van der Waals surface area contributed by atoms with Crippen LogP contribution in [0.1, 0.15) is 11.1 Å². The largest absolute Gasteiger partial charge is 0.331 e. The molecule has 98 valence electrons. The van der Waals surface area contributed by atoms with Gasteiger partial charge in [0.05, 0.1) is 29.2 Å². The van der Waals surface area contributed by atoms with Crippen molar-refractivity contribution < 1.29 is 0 Å². The minimum Gasteiger partial charge on any atom is -0.331 e. The summed E-state index contributed by atoms with van der Waals surface area (Å²) >= 11 is 7.68. The molecule has 0 radical (unpaired) electrons. The molecule has 5 heteroatoms. The zero-order valence-electron chi connectivity index (χ0n) is 10.4. The van der Waals surface area contributed by atoms with Crippen LogP contribution in [0.25, 0.3) is 11.0 Å². The molecule has 0 aliphatic rings. The van der Waals surface area contributed by atoms with Crippen molar-refractivity contribution in [2.24, 2.45) is 0 Å². The van der Waals surface area contributed by atoms with Crippen molar-refractivity contribution in [2.45, 2.75) is 6.54 Å². The molecule has 3 nitrogen and oxygen atoms in total. The third kappa shape index (κ3) is 2.49. The molecule has 0 fully saturated rings. The second-order valence-corrected chi connectivity index (χ2v) is 6.12. The summed E-state index contributed by atoms with van der Waals surface area (Å²) in [6.45, 7) is 0.700. The van der Waals surface area contributed by atoms with Crippen LogP contribution in [0, 0.1) is 19.7 Å². The molecular weight excluding hydrogens is 381 g/mol. The van der Waals surface area contributed by atoms with Gasteiger partial charge in [0.15, 0.2) is 4.77 Å². The van der Waals surface area contributed by atoms with Crippen molar-refractivity contribution in [3.8, 4) is 6.07 Å². The van der Waals surface area contributed by atoms with Gasteiger partial charge in [-0.2, -0.15) is 5.26 Å². The number of hydrogen-bond donors (Lipinski definition) is 1. The van der Waals surface area contributed by atoms with E-state index in [9.17, 15) is 0 Å². The highest BCUT2D eigenvalue weighted by molar-refractivity contribution is 14.1. The molecule has 0 unspecified atom stereocenters. The van der Waals surface area contributed by atoms with Gasteiger partial charge in [0.1, 0.15) is 0 Å². The van der Waals surface area contributed by atoms with Crippen LogP contribution in [-0.2, 0) is 6.54 Å². The Kier molecular flexibility index (Phi) is 3.59. The molecule has 0 atom stereocenters. The number of rotatable bonds is 2. The number of nitrogens with zero attached hydrogens (tertiary/aromatic N) is 2. The minimum absolute atomic E-state index is 0.672. The molecule has 1 aromatic heterocycles. The number of nitriles is 1. The number of H-pyrrole nitrogens is 1. The summed E-state index contributed by atoms with van der Waals surface area (Å²) in [4.78, 5) is 3.23. The van der Waals surface area contributed by atoms with Crippen molar-refractivity contribution in [3.05, 3.63) is 61.9 Å². The molecule has 0 aliphatic heterocycles. The number of fused-ring (bicyclic) bond motifs is 1. The van der Waals surface area contributed by atoms with Crippen LogP contribution in [-0.4, -0.2) is 9.55 Å². The maximum Gasteiger partial charge on any atom is 0.178 e. The first-order valence-corrected chi connectivity index (χ1v) is 7.53. The lowest BCUT2D eigenvalue weighted by atomic mass is 10.1. The molecule has 3 rings (SSSR count). The second kappa shape index (κ2) is 5.38. The smallest absolute Gasteiger partial charge is 0.178 e. The number of nitrogens with one attached hydrogen (secondary N) is 1. The summed E-state index contributed by atoms with van der Waals surface area (Å²) in [6, 6.07) is 15.9. The molecule has 0 spiro atoms. The van der Waals surface area contributed by atoms with E-state index in [0.717, 1.165) is 16.6 Å². The predicted molar refractivity (Wildman–Crippen MR) is 90.1 cm³/mol. The van der Waals surface area contributed by atoms with Crippen LogP contribution in [0.5, 0.6) is 0 Å². The SMILES string of the molecule is N#Cc1ccc(Cn2c(=S)[nH]c3cc(I)ccc32)cc1. The van der Waals surface area contributed by atoms with Crippen LogP contribution in [0.15, 0.2) is 42.5 Å². The zero-order chi connectivity index (χ0) is 14.1. The van der Waals surface area contributed by atoms with Gasteiger partial charge in [-0.05, 0) is 70.7 Å². The van der Waals surface area contributed by atoms with E-state index in [4.69, 9.17) is 17.5 Å². The quantitative estimate of drug-likeness (QED) is 0.525. The van der Waals surface area contributed by atoms with E-state index < -0.39 is 0 Å². The molecule has 0 bridgehead atoms. The van der Waals surface area contributed by atoms with Crippen LogP contribution in [0.2, 0.25) is 0 Å². The van der Waals surface area contributed by atoms with Gasteiger partial charge in [-0.15, -0.1) is 0 Å². The Bertz CT molecular complexity index is 869. The minimum atomic E-state index is 0.672. The molecule has 3 aromatic rings. The lowest BCUT2D eigenvalue weighted by Gasteiger charge is -2.05. The molecule has 20 heavy (non-hydrogen) atoms. The molecule has 0 saturated carbocycles. The average Bonchev–Trinajstić information content (AvgIpc) is 2.75. The molecule has 0 amide bonds. The Labute approximate surface area is 135 Å². The molecule has 1 N–H and O–H groups in total. The van der Waals surface area contributed by atoms with Crippen molar-refractivity contribution in [2.75, 3.05) is 0 Å². The number of imidazole rings is 1. The highest BCUT2D eigenvalue weighted by Crippen LogP contribution is 2.18. The zero-order valence-corrected chi connectivity index (χ0v) is 13.4. The summed E-state index contributed by atoms with van der Waals surface area (Å²) in [6.07, 6.45) is 0. The normalized spacial score (nSPS) is 10.6. The standard InChI is InChI=1S/C15H10IN3S/c16-12-5-6-14-13(7-12)18-15(20)19(14)9-11-3-1-10(8-17)2-4-11/h1-7H,9H2,(H,18,20). The Balaban J connectivity index is 2.04. The van der Waals surface area contributed by atoms with Gasteiger partial charge in [-0.1, -0.05) is 12.1 Å². The van der Waals surface area contributed by atoms with E-state index in [2.05, 4.69) is 56.4 Å². The predicted octanol–water partition coefficient (Wildman–Crippen LogP) is 4.22. The van der Waals surface area contributed by atoms with Crippen LogP contribution < -0.4 is 0 Å². The van der Waals surface area contributed by atoms with E-state index >= 15 is 0 Å². The Morgan fingerprint density at radius 2 is 1.95 bits per heavy atom. The van der Waals surface area contributed by atoms with E-state index in [1.54, 1.807) is 0 Å². The van der Waals surface area contributed by atoms with Gasteiger partial charge in [0, 0.05) is 3.57 Å². The number of aromatic amines is 1. The van der Waals surface area contributed by atoms with Crippen molar-refractivity contribution in [3.63, 3.8) is 0 Å². The van der Waals surface area contributed by atoms with E-state index in [1.165, 1.54) is 3.57 Å². The van der Waals surface area contributed by atoms with Crippen LogP contribution in [0.4, 0.5) is 0 Å². The fourth-order valence-electron chi connectivity index (χ4n) is 2.16. The highest BCUT2D eigenvalue weighted by Gasteiger charge is 2.05. The van der Waals surface area contributed by atoms with E-state index in [0.29, 0.717) is 16.9 Å². The third-order valence-corrected chi connectivity index (χ3v) is 4.15. The number of benzene rings is 2. The molecular formula is C15H10IN3S. The van der Waals surface area contributed by atoms with Gasteiger partial charge in [-0.3, -0.25) is 0 Å². The Morgan fingerprint density at radius 3 is 2.65 bits per heavy atom. The first kappa shape index (κ1) is 13.3. The molecule has 2 aromatic carbocycles. The van der Waals surface area contributed by atoms with Crippen LogP contribution in [0.3, 0.4) is 0 Å². The van der Waals surface area contributed by atoms with Gasteiger partial charge in [-0.25, -0.2) is 0 Å². The Morgan fingerprint density at radius 1 is 1.20 bits per heavy atom. The maximum absolute atomic E-state index is 8.82. The highest BCUT2D eigenvalue weighted by atomic mass is 127. The fraction of sp³-hybridized carbons (Fsp3) is 0.0667. The Hall–Kier alpha value is -1.65. The van der Waals surface area contributed by atoms with E-state index in [1.807, 2.05) is 24.3 Å². The van der Waals surface area contributed by atoms with Crippen LogP contribution >= 0.6 is 34.8 Å². The van der Waals surface area contributed by atoms with Crippen molar-refractivity contribution >= 4 is 45.8 Å². The summed E-state index contributed by atoms with van der Waals surface area (Å²) in [7, 11) is 0. The van der Waals surface area contributed by atoms with Gasteiger partial charge in [0.2, 0.25) is 0 Å². The molecule has 0 saturated heterocycles. The molecule has 1 heterocycles. The van der Waals surface area contributed by atoms with E-state index in [-0.39, 0.29) is 0 Å². The first-order valence-electron chi connectivity index (χ1n) is 6.04. The number of hydrogen-bond acceptors (Lipinski definition) is 2.